The Bertz CT molecular complexity index is 1200. The van der Waals surface area contributed by atoms with Crippen molar-refractivity contribution in [3.8, 4) is 22.9 Å². The predicted molar refractivity (Wildman–Crippen MR) is 109 cm³/mol. The highest BCUT2D eigenvalue weighted by atomic mass is 19.1. The van der Waals surface area contributed by atoms with Crippen LogP contribution in [-0.2, 0) is 0 Å². The molecule has 7 heteroatoms. The molecule has 0 radical (unpaired) electrons. The molecule has 0 saturated carbocycles. The Balaban J connectivity index is 1.72. The zero-order valence-corrected chi connectivity index (χ0v) is 15.8. The van der Waals surface area contributed by atoms with Gasteiger partial charge in [0.25, 0.3) is 5.91 Å². The lowest BCUT2D eigenvalue weighted by Gasteiger charge is -2.08. The molecule has 29 heavy (non-hydrogen) atoms. The zero-order chi connectivity index (χ0) is 20.4. The van der Waals surface area contributed by atoms with Crippen molar-refractivity contribution in [3.63, 3.8) is 0 Å². The van der Waals surface area contributed by atoms with Crippen LogP contribution >= 0.6 is 0 Å². The minimum Gasteiger partial charge on any atom is -0.493 e. The van der Waals surface area contributed by atoms with Crippen molar-refractivity contribution in [1.29, 1.82) is 0 Å². The molecule has 146 valence electrons. The van der Waals surface area contributed by atoms with Crippen LogP contribution in [0, 0.1) is 5.82 Å². The number of ether oxygens (including phenoxy) is 2. The van der Waals surface area contributed by atoms with Crippen LogP contribution in [0.4, 0.5) is 10.1 Å². The van der Waals surface area contributed by atoms with Crippen LogP contribution in [-0.4, -0.2) is 30.1 Å². The summed E-state index contributed by atoms with van der Waals surface area (Å²) in [6.45, 7) is 0. The second-order valence-electron chi connectivity index (χ2n) is 6.29. The van der Waals surface area contributed by atoms with E-state index in [0.717, 1.165) is 5.56 Å². The minimum absolute atomic E-state index is 0.116. The average molecular weight is 391 g/mol. The first-order valence-corrected chi connectivity index (χ1v) is 8.87. The molecule has 0 spiro atoms. The largest absolute Gasteiger partial charge is 0.493 e. The van der Waals surface area contributed by atoms with Gasteiger partial charge in [-0.05, 0) is 42.5 Å². The number of aromatic nitrogens is 2. The lowest BCUT2D eigenvalue weighted by atomic mass is 10.1. The molecule has 0 bridgehead atoms. The Morgan fingerprint density at radius 2 is 1.79 bits per heavy atom. The highest BCUT2D eigenvalue weighted by Gasteiger charge is 2.16. The van der Waals surface area contributed by atoms with Crippen molar-refractivity contribution < 1.29 is 18.7 Å². The lowest BCUT2D eigenvalue weighted by Crippen LogP contribution is -2.13. The maximum Gasteiger partial charge on any atom is 0.258 e. The third-order valence-corrected chi connectivity index (χ3v) is 4.54. The molecule has 2 N–H and O–H groups in total. The number of amides is 1. The van der Waals surface area contributed by atoms with Gasteiger partial charge in [-0.1, -0.05) is 18.2 Å². The normalized spacial score (nSPS) is 10.7. The van der Waals surface area contributed by atoms with Crippen molar-refractivity contribution in [2.45, 2.75) is 0 Å². The predicted octanol–water partition coefficient (Wildman–Crippen LogP) is 4.64. The number of para-hydroxylation sites is 2. The van der Waals surface area contributed by atoms with E-state index in [1.165, 1.54) is 12.1 Å². The summed E-state index contributed by atoms with van der Waals surface area (Å²) in [7, 11) is 3.13. The van der Waals surface area contributed by atoms with E-state index >= 15 is 0 Å². The number of fused-ring (bicyclic) bond motifs is 1. The van der Waals surface area contributed by atoms with Gasteiger partial charge in [-0.15, -0.1) is 0 Å². The molecule has 0 saturated heterocycles. The maximum atomic E-state index is 13.9. The Kier molecular flexibility index (Phi) is 4.87. The van der Waals surface area contributed by atoms with Crippen LogP contribution in [0.15, 0.2) is 60.7 Å². The van der Waals surface area contributed by atoms with Gasteiger partial charge in [-0.2, -0.15) is 0 Å². The second kappa shape index (κ2) is 7.63. The Morgan fingerprint density at radius 3 is 2.55 bits per heavy atom. The Hall–Kier alpha value is -3.87. The number of imidazole rings is 1. The fourth-order valence-corrected chi connectivity index (χ4v) is 3.09. The van der Waals surface area contributed by atoms with Crippen LogP contribution in [0.2, 0.25) is 0 Å². The minimum atomic E-state index is -0.499. The number of aromatic amines is 1. The number of hydrogen-bond donors (Lipinski definition) is 2. The van der Waals surface area contributed by atoms with Gasteiger partial charge in [0.1, 0.15) is 17.2 Å². The molecular weight excluding hydrogens is 373 g/mol. The summed E-state index contributed by atoms with van der Waals surface area (Å²) in [4.78, 5) is 20.5. The summed E-state index contributed by atoms with van der Waals surface area (Å²) in [5.41, 5.74) is 2.42. The molecule has 0 unspecified atom stereocenters. The van der Waals surface area contributed by atoms with E-state index in [-0.39, 0.29) is 5.69 Å². The van der Waals surface area contributed by atoms with Crippen molar-refractivity contribution in [2.24, 2.45) is 0 Å². The van der Waals surface area contributed by atoms with Gasteiger partial charge in [-0.25, -0.2) is 9.37 Å². The average Bonchev–Trinajstić information content (AvgIpc) is 3.19. The van der Waals surface area contributed by atoms with Gasteiger partial charge in [0, 0.05) is 5.56 Å². The number of rotatable bonds is 5. The molecule has 3 aromatic carbocycles. The fourth-order valence-electron chi connectivity index (χ4n) is 3.09. The van der Waals surface area contributed by atoms with Crippen LogP contribution in [0.5, 0.6) is 11.5 Å². The number of H-pyrrole nitrogens is 1. The van der Waals surface area contributed by atoms with Crippen molar-refractivity contribution in [3.05, 3.63) is 72.0 Å². The summed E-state index contributed by atoms with van der Waals surface area (Å²) in [5.74, 6) is 0.819. The molecule has 1 aromatic heterocycles. The summed E-state index contributed by atoms with van der Waals surface area (Å²) in [5, 5.41) is 2.60. The number of nitrogens with zero attached hydrogens (tertiary/aromatic N) is 1. The SMILES string of the molecule is COc1ccc(-c2nc3c(C(=O)Nc4ccccc4F)cccc3[nH]2)cc1OC. The molecule has 4 aromatic rings. The van der Waals surface area contributed by atoms with Crippen LogP contribution in [0.25, 0.3) is 22.4 Å². The molecule has 1 heterocycles. The first kappa shape index (κ1) is 18.5. The van der Waals surface area contributed by atoms with Crippen LogP contribution in [0.1, 0.15) is 10.4 Å². The summed E-state index contributed by atoms with van der Waals surface area (Å²) in [6, 6.07) is 16.7. The first-order valence-electron chi connectivity index (χ1n) is 8.87. The fraction of sp³-hybridized carbons (Fsp3) is 0.0909. The topological polar surface area (TPSA) is 76.2 Å². The van der Waals surface area contributed by atoms with E-state index in [9.17, 15) is 9.18 Å². The molecular formula is C22H18FN3O3. The number of carbonyl (C=O) groups is 1. The van der Waals surface area contributed by atoms with Crippen molar-refractivity contribution >= 4 is 22.6 Å². The van der Waals surface area contributed by atoms with Crippen LogP contribution < -0.4 is 14.8 Å². The first-order chi connectivity index (χ1) is 14.1. The van der Waals surface area contributed by atoms with E-state index in [4.69, 9.17) is 9.47 Å². The number of nitrogens with one attached hydrogen (secondary N) is 2. The molecule has 0 atom stereocenters. The molecule has 1 amide bonds. The quantitative estimate of drug-likeness (QED) is 0.520. The molecule has 0 fully saturated rings. The van der Waals surface area contributed by atoms with E-state index in [2.05, 4.69) is 15.3 Å². The second-order valence-corrected chi connectivity index (χ2v) is 6.29. The third-order valence-electron chi connectivity index (χ3n) is 4.54. The Morgan fingerprint density at radius 1 is 1.00 bits per heavy atom. The number of hydrogen-bond acceptors (Lipinski definition) is 4. The summed E-state index contributed by atoms with van der Waals surface area (Å²) >= 11 is 0. The van der Waals surface area contributed by atoms with E-state index in [1.54, 1.807) is 50.6 Å². The molecule has 0 aliphatic heterocycles. The summed E-state index contributed by atoms with van der Waals surface area (Å²) < 4.78 is 24.5. The van der Waals surface area contributed by atoms with Gasteiger partial charge in [0.2, 0.25) is 0 Å². The van der Waals surface area contributed by atoms with E-state index in [1.807, 2.05) is 12.1 Å². The molecule has 4 rings (SSSR count). The number of carbonyl (C=O) groups excluding carboxylic acids is 1. The summed E-state index contributed by atoms with van der Waals surface area (Å²) in [6.07, 6.45) is 0. The smallest absolute Gasteiger partial charge is 0.258 e. The molecule has 0 aliphatic carbocycles. The van der Waals surface area contributed by atoms with Gasteiger partial charge in [0.05, 0.1) is 31.0 Å². The maximum absolute atomic E-state index is 13.9. The zero-order valence-electron chi connectivity index (χ0n) is 15.8. The molecule has 0 aliphatic rings. The van der Waals surface area contributed by atoms with Gasteiger partial charge in [-0.3, -0.25) is 4.79 Å². The van der Waals surface area contributed by atoms with Crippen molar-refractivity contribution in [2.75, 3.05) is 19.5 Å². The van der Waals surface area contributed by atoms with E-state index < -0.39 is 11.7 Å². The lowest BCUT2D eigenvalue weighted by molar-refractivity contribution is 0.102. The van der Waals surface area contributed by atoms with Crippen LogP contribution in [0.3, 0.4) is 0 Å². The number of benzene rings is 3. The standard InChI is InChI=1S/C22H18FN3O3/c1-28-18-11-10-13(12-19(18)29-2)21-24-17-9-5-6-14(20(17)26-21)22(27)25-16-8-4-3-7-15(16)23/h3-12H,1-2H3,(H,24,26)(H,25,27). The van der Waals surface area contributed by atoms with Gasteiger partial charge < -0.3 is 19.8 Å². The van der Waals surface area contributed by atoms with E-state index in [0.29, 0.717) is 33.9 Å². The van der Waals surface area contributed by atoms with Gasteiger partial charge >= 0.3 is 0 Å². The number of methoxy groups -OCH3 is 2. The highest BCUT2D eigenvalue weighted by molar-refractivity contribution is 6.11. The van der Waals surface area contributed by atoms with Crippen molar-refractivity contribution in [1.82, 2.24) is 9.97 Å². The third kappa shape index (κ3) is 3.50. The number of halogens is 1. The number of anilines is 1. The Labute approximate surface area is 166 Å². The molecule has 6 nitrogen and oxygen atoms in total. The van der Waals surface area contributed by atoms with Gasteiger partial charge in [0.15, 0.2) is 11.5 Å². The monoisotopic (exact) mass is 391 g/mol. The highest BCUT2D eigenvalue weighted by Crippen LogP contribution is 2.32.